The lowest BCUT2D eigenvalue weighted by atomic mass is 9.83. The summed E-state index contributed by atoms with van der Waals surface area (Å²) >= 11 is 5.90. The van der Waals surface area contributed by atoms with Crippen LogP contribution in [0, 0.1) is 5.41 Å². The number of hydrogen-bond acceptors (Lipinski definition) is 2. The molecule has 1 N–H and O–H groups in total. The van der Waals surface area contributed by atoms with Gasteiger partial charge in [-0.3, -0.25) is 0 Å². The molecule has 0 aromatic heterocycles. The Kier molecular flexibility index (Phi) is 2.89. The van der Waals surface area contributed by atoms with E-state index in [9.17, 15) is 5.11 Å². The first kappa shape index (κ1) is 11.7. The average molecular weight is 241 g/mol. The predicted octanol–water partition coefficient (Wildman–Crippen LogP) is 3.57. The maximum atomic E-state index is 10.1. The first-order chi connectivity index (χ1) is 7.38. The van der Waals surface area contributed by atoms with Crippen LogP contribution < -0.4 is 4.74 Å². The van der Waals surface area contributed by atoms with Crippen molar-refractivity contribution in [2.75, 3.05) is 0 Å². The van der Waals surface area contributed by atoms with Crippen LogP contribution in [0.4, 0.5) is 0 Å². The van der Waals surface area contributed by atoms with Gasteiger partial charge in [-0.05, 0) is 23.6 Å². The summed E-state index contributed by atoms with van der Waals surface area (Å²) in [5, 5.41) is 10.7. The molecule has 88 valence electrons. The van der Waals surface area contributed by atoms with Crippen molar-refractivity contribution >= 4 is 11.6 Å². The zero-order valence-electron chi connectivity index (χ0n) is 9.83. The lowest BCUT2D eigenvalue weighted by Crippen LogP contribution is -2.36. The molecule has 0 spiro atoms. The lowest BCUT2D eigenvalue weighted by Gasteiger charge is -2.37. The van der Waals surface area contributed by atoms with Gasteiger partial charge in [0.2, 0.25) is 0 Å². The van der Waals surface area contributed by atoms with Crippen LogP contribution in [0.3, 0.4) is 0 Å². The topological polar surface area (TPSA) is 29.5 Å². The van der Waals surface area contributed by atoms with Crippen molar-refractivity contribution in [2.45, 2.75) is 39.4 Å². The van der Waals surface area contributed by atoms with E-state index in [2.05, 4.69) is 20.8 Å². The van der Waals surface area contributed by atoms with Crippen LogP contribution in [0.2, 0.25) is 5.02 Å². The van der Waals surface area contributed by atoms with Crippen LogP contribution in [0.1, 0.15) is 38.9 Å². The van der Waals surface area contributed by atoms with E-state index in [0.717, 1.165) is 11.3 Å². The zero-order chi connectivity index (χ0) is 11.9. The summed E-state index contributed by atoms with van der Waals surface area (Å²) in [6, 6.07) is 5.40. The van der Waals surface area contributed by atoms with E-state index < -0.39 is 6.10 Å². The molecule has 1 aliphatic heterocycles. The number of ether oxygens (including phenoxy) is 1. The van der Waals surface area contributed by atoms with Crippen molar-refractivity contribution in [3.8, 4) is 5.75 Å². The summed E-state index contributed by atoms with van der Waals surface area (Å²) in [4.78, 5) is 0. The van der Waals surface area contributed by atoms with E-state index in [1.54, 1.807) is 12.1 Å². The number of halogens is 1. The van der Waals surface area contributed by atoms with Crippen LogP contribution in [-0.2, 0) is 0 Å². The highest BCUT2D eigenvalue weighted by molar-refractivity contribution is 6.30. The Labute approximate surface area is 101 Å². The molecule has 0 bridgehead atoms. The van der Waals surface area contributed by atoms with Crippen LogP contribution in [-0.4, -0.2) is 11.2 Å². The maximum absolute atomic E-state index is 10.1. The van der Waals surface area contributed by atoms with Gasteiger partial charge >= 0.3 is 0 Å². The fraction of sp³-hybridized carbons (Fsp3) is 0.538. The smallest absolute Gasteiger partial charge is 0.125 e. The molecule has 1 aliphatic rings. The summed E-state index contributed by atoms with van der Waals surface area (Å²) in [6.45, 7) is 6.35. The Morgan fingerprint density at radius 1 is 1.38 bits per heavy atom. The van der Waals surface area contributed by atoms with Crippen molar-refractivity contribution in [1.29, 1.82) is 0 Å². The quantitative estimate of drug-likeness (QED) is 0.751. The van der Waals surface area contributed by atoms with E-state index in [4.69, 9.17) is 16.3 Å². The zero-order valence-corrected chi connectivity index (χ0v) is 10.6. The second-order valence-electron chi connectivity index (χ2n) is 5.41. The number of hydrogen-bond donors (Lipinski definition) is 1. The Balaban J connectivity index is 2.34. The van der Waals surface area contributed by atoms with Gasteiger partial charge in [0.15, 0.2) is 0 Å². The first-order valence-corrected chi connectivity index (χ1v) is 5.90. The molecule has 1 aromatic carbocycles. The predicted molar refractivity (Wildman–Crippen MR) is 64.9 cm³/mol. The molecule has 0 saturated heterocycles. The molecule has 0 aliphatic carbocycles. The summed E-state index contributed by atoms with van der Waals surface area (Å²) in [7, 11) is 0. The van der Waals surface area contributed by atoms with E-state index in [0.29, 0.717) is 11.4 Å². The maximum Gasteiger partial charge on any atom is 0.125 e. The summed E-state index contributed by atoms with van der Waals surface area (Å²) in [5.74, 6) is 0.753. The van der Waals surface area contributed by atoms with Gasteiger partial charge in [-0.15, -0.1) is 0 Å². The van der Waals surface area contributed by atoms with Crippen LogP contribution in [0.5, 0.6) is 5.75 Å². The van der Waals surface area contributed by atoms with Gasteiger partial charge in [0.1, 0.15) is 11.9 Å². The first-order valence-electron chi connectivity index (χ1n) is 5.52. The highest BCUT2D eigenvalue weighted by Gasteiger charge is 2.34. The van der Waals surface area contributed by atoms with E-state index in [1.807, 2.05) is 6.07 Å². The second kappa shape index (κ2) is 3.94. The van der Waals surface area contributed by atoms with Crippen molar-refractivity contribution < 1.29 is 9.84 Å². The van der Waals surface area contributed by atoms with Gasteiger partial charge in [0.05, 0.1) is 6.10 Å². The number of fused-ring (bicyclic) bond motifs is 1. The third kappa shape index (κ3) is 2.18. The minimum Gasteiger partial charge on any atom is -0.489 e. The van der Waals surface area contributed by atoms with Gasteiger partial charge in [0.25, 0.3) is 0 Å². The molecule has 0 saturated carbocycles. The molecule has 1 aromatic rings. The Bertz CT molecular complexity index is 395. The molecular weight excluding hydrogens is 224 g/mol. The molecule has 3 heteroatoms. The fourth-order valence-electron chi connectivity index (χ4n) is 1.95. The SMILES string of the molecule is CC(C)(C)C1C[C@@H](O)c2cc(Cl)ccc2O1. The van der Waals surface area contributed by atoms with Gasteiger partial charge in [-0.1, -0.05) is 32.4 Å². The van der Waals surface area contributed by atoms with Crippen LogP contribution in [0.25, 0.3) is 0 Å². The molecule has 1 heterocycles. The Morgan fingerprint density at radius 3 is 2.69 bits per heavy atom. The second-order valence-corrected chi connectivity index (χ2v) is 5.84. The molecule has 0 fully saturated rings. The standard InChI is InChI=1S/C13H17ClO2/c1-13(2,3)12-7-10(15)9-6-8(14)4-5-11(9)16-12/h4-6,10,12,15H,7H2,1-3H3/t10-,12?/m1/s1. The van der Waals surface area contributed by atoms with Crippen molar-refractivity contribution in [1.82, 2.24) is 0 Å². The number of aliphatic hydroxyl groups is 1. The van der Waals surface area contributed by atoms with Crippen molar-refractivity contribution in [3.05, 3.63) is 28.8 Å². The van der Waals surface area contributed by atoms with Gasteiger partial charge in [0, 0.05) is 17.0 Å². The molecule has 2 rings (SSSR count). The molecule has 0 amide bonds. The normalized spacial score (nSPS) is 24.8. The van der Waals surface area contributed by atoms with Crippen LogP contribution >= 0.6 is 11.6 Å². The minimum absolute atomic E-state index is 0.0261. The van der Waals surface area contributed by atoms with Crippen molar-refractivity contribution in [2.24, 2.45) is 5.41 Å². The number of aliphatic hydroxyl groups excluding tert-OH is 1. The highest BCUT2D eigenvalue weighted by atomic mass is 35.5. The fourth-order valence-corrected chi connectivity index (χ4v) is 2.13. The van der Waals surface area contributed by atoms with Gasteiger partial charge in [-0.25, -0.2) is 0 Å². The summed E-state index contributed by atoms with van der Waals surface area (Å²) < 4.78 is 5.90. The molecular formula is C13H17ClO2. The Hall–Kier alpha value is -0.730. The van der Waals surface area contributed by atoms with Gasteiger partial charge < -0.3 is 9.84 Å². The van der Waals surface area contributed by atoms with E-state index >= 15 is 0 Å². The number of rotatable bonds is 0. The van der Waals surface area contributed by atoms with E-state index in [1.165, 1.54) is 0 Å². The lowest BCUT2D eigenvalue weighted by molar-refractivity contribution is 0.00803. The Morgan fingerprint density at radius 2 is 2.06 bits per heavy atom. The molecule has 16 heavy (non-hydrogen) atoms. The third-order valence-electron chi connectivity index (χ3n) is 3.00. The monoisotopic (exact) mass is 240 g/mol. The summed E-state index contributed by atoms with van der Waals surface area (Å²) in [6.07, 6.45) is 0.180. The largest absolute Gasteiger partial charge is 0.489 e. The average Bonchev–Trinajstić information content (AvgIpc) is 2.17. The highest BCUT2D eigenvalue weighted by Crippen LogP contribution is 2.41. The van der Waals surface area contributed by atoms with Crippen LogP contribution in [0.15, 0.2) is 18.2 Å². The van der Waals surface area contributed by atoms with Crippen molar-refractivity contribution in [3.63, 3.8) is 0 Å². The summed E-state index contributed by atoms with van der Waals surface area (Å²) in [5.41, 5.74) is 0.825. The molecule has 2 nitrogen and oxygen atoms in total. The molecule has 0 radical (unpaired) electrons. The van der Waals surface area contributed by atoms with Gasteiger partial charge in [-0.2, -0.15) is 0 Å². The third-order valence-corrected chi connectivity index (χ3v) is 3.24. The molecule has 2 atom stereocenters. The van der Waals surface area contributed by atoms with E-state index in [-0.39, 0.29) is 11.5 Å². The minimum atomic E-state index is -0.480. The molecule has 1 unspecified atom stereocenters. The number of benzene rings is 1.